The van der Waals surface area contributed by atoms with Crippen LogP contribution in [0.1, 0.15) is 30.5 Å². The van der Waals surface area contributed by atoms with Crippen LogP contribution in [0.4, 0.5) is 0 Å². The lowest BCUT2D eigenvalue weighted by atomic mass is 9.82. The van der Waals surface area contributed by atoms with Gasteiger partial charge in [-0.15, -0.1) is 0 Å². The molecule has 0 aromatic heterocycles. The number of phenols is 2. The van der Waals surface area contributed by atoms with E-state index in [9.17, 15) is 30.0 Å². The minimum Gasteiger partial charge on any atom is -0.508 e. The van der Waals surface area contributed by atoms with Crippen LogP contribution in [0.3, 0.4) is 0 Å². The highest BCUT2D eigenvalue weighted by atomic mass is 16.6. The van der Waals surface area contributed by atoms with E-state index in [1.54, 1.807) is 12.1 Å². The third-order valence-electron chi connectivity index (χ3n) is 5.78. The predicted molar refractivity (Wildman–Crippen MR) is 121 cm³/mol. The Morgan fingerprint density at radius 1 is 1.12 bits per heavy atom. The number of carbonyl (C=O) groups is 2. The number of esters is 2. The molecular weight excluding hydrogens is 444 g/mol. The van der Waals surface area contributed by atoms with E-state index in [1.807, 2.05) is 0 Å². The number of aromatic hydroxyl groups is 2. The topological polar surface area (TPSA) is 143 Å². The van der Waals surface area contributed by atoms with Crippen LogP contribution in [0.15, 0.2) is 48.2 Å². The Kier molecular flexibility index (Phi) is 6.90. The normalized spacial score (nSPS) is 19.1. The molecular formula is C25H28O9. The Balaban J connectivity index is 2.11. The van der Waals surface area contributed by atoms with Gasteiger partial charge in [0.05, 0.1) is 31.5 Å². The highest BCUT2D eigenvalue weighted by Crippen LogP contribution is 2.44. The van der Waals surface area contributed by atoms with E-state index >= 15 is 0 Å². The summed E-state index contributed by atoms with van der Waals surface area (Å²) in [6.07, 6.45) is -1.39. The van der Waals surface area contributed by atoms with Crippen molar-refractivity contribution in [1.82, 2.24) is 0 Å². The van der Waals surface area contributed by atoms with Gasteiger partial charge in [-0.1, -0.05) is 24.3 Å². The molecule has 2 atom stereocenters. The summed E-state index contributed by atoms with van der Waals surface area (Å²) < 4.78 is 15.9. The molecule has 0 amide bonds. The number of carbonyl (C=O) groups excluding carboxylic acids is 2. The highest BCUT2D eigenvalue weighted by molar-refractivity contribution is 6.11. The molecule has 0 fully saturated rings. The molecule has 4 N–H and O–H groups in total. The molecule has 9 nitrogen and oxygen atoms in total. The molecule has 0 radical (unpaired) electrons. The second-order valence-corrected chi connectivity index (χ2v) is 8.68. The molecule has 3 rings (SSSR count). The number of methoxy groups -OCH3 is 2. The molecule has 182 valence electrons. The van der Waals surface area contributed by atoms with Gasteiger partial charge in [0.15, 0.2) is 0 Å². The number of aliphatic hydroxyl groups is 2. The van der Waals surface area contributed by atoms with Crippen molar-refractivity contribution < 1.29 is 44.2 Å². The van der Waals surface area contributed by atoms with Crippen LogP contribution < -0.4 is 0 Å². The Labute approximate surface area is 196 Å². The van der Waals surface area contributed by atoms with Crippen LogP contribution in [0.25, 0.3) is 5.57 Å². The Morgan fingerprint density at radius 2 is 1.76 bits per heavy atom. The fourth-order valence-electron chi connectivity index (χ4n) is 3.88. The maximum Gasteiger partial charge on any atom is 0.375 e. The van der Waals surface area contributed by atoms with Gasteiger partial charge >= 0.3 is 11.9 Å². The summed E-state index contributed by atoms with van der Waals surface area (Å²) in [7, 11) is 2.44. The van der Waals surface area contributed by atoms with Gasteiger partial charge < -0.3 is 34.6 Å². The fraction of sp³-hybridized carbons (Fsp3) is 0.360. The van der Waals surface area contributed by atoms with E-state index in [4.69, 9.17) is 14.2 Å². The molecule has 1 heterocycles. The first-order chi connectivity index (χ1) is 15.9. The second-order valence-electron chi connectivity index (χ2n) is 8.68. The van der Waals surface area contributed by atoms with Crippen molar-refractivity contribution in [3.05, 3.63) is 64.9 Å². The fourth-order valence-corrected chi connectivity index (χ4v) is 3.88. The SMILES string of the molecule is COC(=O)[C@]1(Cc2ccc(O)c(C[C@H](O)C(C)(C)O)c2)OC(=O)C(OC)=C1c1ccc(O)cc1. The zero-order chi connectivity index (χ0) is 25.3. The molecule has 2 aromatic carbocycles. The van der Waals surface area contributed by atoms with E-state index in [2.05, 4.69) is 0 Å². The Bertz CT molecular complexity index is 1110. The summed E-state index contributed by atoms with van der Waals surface area (Å²) >= 11 is 0. The first-order valence-corrected chi connectivity index (χ1v) is 10.5. The van der Waals surface area contributed by atoms with Crippen LogP contribution in [-0.2, 0) is 36.6 Å². The largest absolute Gasteiger partial charge is 0.508 e. The minimum absolute atomic E-state index is 0.00855. The number of ether oxygens (including phenoxy) is 3. The van der Waals surface area contributed by atoms with Crippen molar-refractivity contribution in [2.75, 3.05) is 14.2 Å². The summed E-state index contributed by atoms with van der Waals surface area (Å²) in [5, 5.41) is 40.3. The third kappa shape index (κ3) is 4.71. The Hall–Kier alpha value is -3.56. The summed E-state index contributed by atoms with van der Waals surface area (Å²) in [6, 6.07) is 10.3. The van der Waals surface area contributed by atoms with Crippen LogP contribution >= 0.6 is 0 Å². The number of rotatable bonds is 8. The predicted octanol–water partition coefficient (Wildman–Crippen LogP) is 1.84. The standard InChI is InChI=1S/C25H28O9/c1-24(2,31)19(28)12-16-11-14(5-10-18(16)27)13-25(23(30)33-4)20(21(32-3)22(29)34-25)15-6-8-17(26)9-7-15/h5-11,19,26-28,31H,12-13H2,1-4H3/t19-,25+/m0/s1. The van der Waals surface area contributed by atoms with Crippen molar-refractivity contribution in [2.24, 2.45) is 0 Å². The molecule has 0 unspecified atom stereocenters. The van der Waals surface area contributed by atoms with Crippen molar-refractivity contribution in [3.8, 4) is 11.5 Å². The number of phenolic OH excluding ortho intramolecular Hbond substituents is 2. The second kappa shape index (κ2) is 9.36. The van der Waals surface area contributed by atoms with Gasteiger partial charge in [-0.3, -0.25) is 0 Å². The van der Waals surface area contributed by atoms with Crippen LogP contribution in [0.2, 0.25) is 0 Å². The van der Waals surface area contributed by atoms with Gasteiger partial charge in [-0.2, -0.15) is 0 Å². The van der Waals surface area contributed by atoms with E-state index < -0.39 is 29.2 Å². The maximum atomic E-state index is 13.1. The van der Waals surface area contributed by atoms with Crippen molar-refractivity contribution in [2.45, 2.75) is 44.0 Å². The van der Waals surface area contributed by atoms with Crippen LogP contribution in [-0.4, -0.2) is 63.9 Å². The molecule has 0 saturated carbocycles. The van der Waals surface area contributed by atoms with Gasteiger partial charge in [0, 0.05) is 12.8 Å². The van der Waals surface area contributed by atoms with Crippen molar-refractivity contribution in [1.29, 1.82) is 0 Å². The average Bonchev–Trinajstić information content (AvgIpc) is 3.07. The van der Waals surface area contributed by atoms with E-state index in [0.29, 0.717) is 16.7 Å². The lowest BCUT2D eigenvalue weighted by Crippen LogP contribution is -2.44. The summed E-state index contributed by atoms with van der Waals surface area (Å²) in [4.78, 5) is 25.8. The van der Waals surface area contributed by atoms with Crippen molar-refractivity contribution in [3.63, 3.8) is 0 Å². The lowest BCUT2D eigenvalue weighted by Gasteiger charge is -2.29. The van der Waals surface area contributed by atoms with Gasteiger partial charge in [0.1, 0.15) is 11.5 Å². The molecule has 0 aliphatic carbocycles. The first kappa shape index (κ1) is 25.1. The summed E-state index contributed by atoms with van der Waals surface area (Å²) in [6.45, 7) is 2.90. The van der Waals surface area contributed by atoms with Gasteiger partial charge in [0.2, 0.25) is 11.4 Å². The van der Waals surface area contributed by atoms with Crippen LogP contribution in [0, 0.1) is 0 Å². The maximum absolute atomic E-state index is 13.1. The number of hydrogen-bond donors (Lipinski definition) is 4. The van der Waals surface area contributed by atoms with Gasteiger partial charge in [0.25, 0.3) is 0 Å². The molecule has 0 bridgehead atoms. The number of cyclic esters (lactones) is 1. The zero-order valence-corrected chi connectivity index (χ0v) is 19.4. The molecule has 1 aliphatic heterocycles. The van der Waals surface area contributed by atoms with Crippen molar-refractivity contribution >= 4 is 17.5 Å². The molecule has 1 aliphatic rings. The molecule has 34 heavy (non-hydrogen) atoms. The molecule has 0 saturated heterocycles. The average molecular weight is 472 g/mol. The first-order valence-electron chi connectivity index (χ1n) is 10.5. The molecule has 9 heteroatoms. The number of hydrogen-bond acceptors (Lipinski definition) is 9. The summed E-state index contributed by atoms with van der Waals surface area (Å²) in [5.74, 6) is -1.98. The van der Waals surface area contributed by atoms with Gasteiger partial charge in [-0.25, -0.2) is 9.59 Å². The quantitative estimate of drug-likeness (QED) is 0.423. The molecule has 0 spiro atoms. The zero-order valence-electron chi connectivity index (χ0n) is 19.4. The van der Waals surface area contributed by atoms with Crippen LogP contribution in [0.5, 0.6) is 11.5 Å². The number of benzene rings is 2. The third-order valence-corrected chi connectivity index (χ3v) is 5.78. The monoisotopic (exact) mass is 472 g/mol. The summed E-state index contributed by atoms with van der Waals surface area (Å²) in [5.41, 5.74) is -1.95. The van der Waals surface area contributed by atoms with E-state index in [-0.39, 0.29) is 35.7 Å². The van der Waals surface area contributed by atoms with E-state index in [1.165, 1.54) is 58.4 Å². The minimum atomic E-state index is -1.91. The number of aliphatic hydroxyl groups excluding tert-OH is 1. The highest BCUT2D eigenvalue weighted by Gasteiger charge is 2.56. The Morgan fingerprint density at radius 3 is 2.32 bits per heavy atom. The smallest absolute Gasteiger partial charge is 0.375 e. The molecule has 2 aromatic rings. The van der Waals surface area contributed by atoms with Gasteiger partial charge in [-0.05, 0) is 48.7 Å². The van der Waals surface area contributed by atoms with E-state index in [0.717, 1.165) is 0 Å². The lowest BCUT2D eigenvalue weighted by molar-refractivity contribution is -0.169.